The van der Waals surface area contributed by atoms with Crippen LogP contribution in [0.1, 0.15) is 29.5 Å². The maximum Gasteiger partial charge on any atom is 0.230 e. The van der Waals surface area contributed by atoms with Gasteiger partial charge < -0.3 is 10.2 Å². The van der Waals surface area contributed by atoms with E-state index >= 15 is 0 Å². The van der Waals surface area contributed by atoms with Gasteiger partial charge in [0.2, 0.25) is 5.91 Å². The van der Waals surface area contributed by atoms with Gasteiger partial charge in [0.25, 0.3) is 0 Å². The van der Waals surface area contributed by atoms with Crippen molar-refractivity contribution in [1.82, 2.24) is 10.2 Å². The van der Waals surface area contributed by atoms with Crippen LogP contribution in [0.5, 0.6) is 0 Å². The lowest BCUT2D eigenvalue weighted by Crippen LogP contribution is -2.52. The summed E-state index contributed by atoms with van der Waals surface area (Å²) >= 11 is 2.27. The minimum Gasteiger partial charge on any atom is -0.339 e. The molecule has 0 bridgehead atoms. The fourth-order valence-corrected chi connectivity index (χ4v) is 3.74. The molecule has 1 aliphatic rings. The van der Waals surface area contributed by atoms with Crippen molar-refractivity contribution in [1.29, 1.82) is 0 Å². The molecule has 5 heteroatoms. The van der Waals surface area contributed by atoms with Crippen molar-refractivity contribution in [2.45, 2.75) is 32.2 Å². The number of rotatable bonds is 4. The smallest absolute Gasteiger partial charge is 0.230 e. The maximum atomic E-state index is 14.2. The Bertz CT molecular complexity index is 778. The molecule has 1 N–H and O–H groups in total. The first kappa shape index (κ1) is 19.3. The Balaban J connectivity index is 1.90. The van der Waals surface area contributed by atoms with Crippen LogP contribution in [0.2, 0.25) is 0 Å². The molecule has 1 saturated heterocycles. The molecule has 1 fully saturated rings. The maximum absolute atomic E-state index is 14.2. The molecule has 26 heavy (non-hydrogen) atoms. The highest BCUT2D eigenvalue weighted by Gasteiger charge is 2.29. The molecule has 2 aromatic rings. The largest absolute Gasteiger partial charge is 0.339 e. The molecule has 0 saturated carbocycles. The van der Waals surface area contributed by atoms with E-state index in [1.807, 2.05) is 35.2 Å². The Morgan fingerprint density at radius 3 is 2.69 bits per heavy atom. The number of piperazine rings is 1. The Morgan fingerprint density at radius 1 is 1.31 bits per heavy atom. The number of hydrogen-bond acceptors (Lipinski definition) is 2. The zero-order valence-electron chi connectivity index (χ0n) is 15.1. The van der Waals surface area contributed by atoms with Crippen molar-refractivity contribution in [2.24, 2.45) is 0 Å². The summed E-state index contributed by atoms with van der Waals surface area (Å²) in [5, 5.41) is 3.36. The molecular formula is C21H24FIN2O. The van der Waals surface area contributed by atoms with Gasteiger partial charge in [0, 0.05) is 29.2 Å². The van der Waals surface area contributed by atoms with Gasteiger partial charge in [-0.25, -0.2) is 4.39 Å². The number of nitrogens with one attached hydrogen (secondary N) is 1. The van der Waals surface area contributed by atoms with Crippen LogP contribution >= 0.6 is 22.6 Å². The van der Waals surface area contributed by atoms with Gasteiger partial charge in [-0.05, 0) is 77.7 Å². The highest BCUT2D eigenvalue weighted by molar-refractivity contribution is 14.1. The Morgan fingerprint density at radius 2 is 2.04 bits per heavy atom. The molecule has 0 radical (unpaired) electrons. The normalized spacial score (nSPS) is 18.6. The van der Waals surface area contributed by atoms with Gasteiger partial charge in [0.05, 0.1) is 5.92 Å². The molecule has 2 atom stereocenters. The predicted molar refractivity (Wildman–Crippen MR) is 111 cm³/mol. The SMILES string of the molecule is Cc1ccc([C@@H](Cc2ccc(I)cc2)C(=O)N2CCN[C@H](C)C2)cc1F. The summed E-state index contributed by atoms with van der Waals surface area (Å²) in [6.45, 7) is 6.01. The van der Waals surface area contributed by atoms with E-state index in [0.717, 1.165) is 21.2 Å². The predicted octanol–water partition coefficient (Wildman–Crippen LogP) is 3.89. The number of benzene rings is 2. The summed E-state index contributed by atoms with van der Waals surface area (Å²) in [5.74, 6) is -0.535. The minimum atomic E-state index is -0.365. The minimum absolute atomic E-state index is 0.0835. The molecule has 1 aliphatic heterocycles. The van der Waals surface area contributed by atoms with Crippen LogP contribution in [0, 0.1) is 16.3 Å². The molecule has 138 valence electrons. The summed E-state index contributed by atoms with van der Waals surface area (Å²) in [5.41, 5.74) is 2.45. The second-order valence-corrected chi connectivity index (χ2v) is 8.28. The van der Waals surface area contributed by atoms with Gasteiger partial charge in [-0.2, -0.15) is 0 Å². The van der Waals surface area contributed by atoms with Gasteiger partial charge >= 0.3 is 0 Å². The number of halogens is 2. The van der Waals surface area contributed by atoms with Crippen LogP contribution in [0.25, 0.3) is 0 Å². The lowest BCUT2D eigenvalue weighted by Gasteiger charge is -2.34. The molecule has 2 aromatic carbocycles. The number of aryl methyl sites for hydroxylation is 1. The quantitative estimate of drug-likeness (QED) is 0.694. The Hall–Kier alpha value is -1.47. The van der Waals surface area contributed by atoms with E-state index in [2.05, 4.69) is 34.8 Å². The first-order valence-electron chi connectivity index (χ1n) is 8.96. The van der Waals surface area contributed by atoms with Gasteiger partial charge in [-0.3, -0.25) is 4.79 Å². The topological polar surface area (TPSA) is 32.3 Å². The first-order valence-corrected chi connectivity index (χ1v) is 10.0. The third-order valence-electron chi connectivity index (χ3n) is 4.93. The number of carbonyl (C=O) groups is 1. The van der Waals surface area contributed by atoms with Gasteiger partial charge in [0.15, 0.2) is 0 Å². The zero-order valence-corrected chi connectivity index (χ0v) is 17.3. The monoisotopic (exact) mass is 466 g/mol. The van der Waals surface area contributed by atoms with E-state index in [4.69, 9.17) is 0 Å². The average Bonchev–Trinajstić information content (AvgIpc) is 2.63. The number of carbonyl (C=O) groups excluding carboxylic acids is 1. The second kappa shape index (κ2) is 8.48. The first-order chi connectivity index (χ1) is 12.4. The Labute approximate surface area is 168 Å². The standard InChI is InChI=1S/C21H24FIN2O/c1-14-3-6-17(12-20(14)22)19(11-16-4-7-18(23)8-5-16)21(26)25-10-9-24-15(2)13-25/h3-8,12,15,19,24H,9-11,13H2,1-2H3/t15-,19-/m1/s1. The van der Waals surface area contributed by atoms with Crippen molar-refractivity contribution >= 4 is 28.5 Å². The van der Waals surface area contributed by atoms with Crippen LogP contribution < -0.4 is 5.32 Å². The fraction of sp³-hybridized carbons (Fsp3) is 0.381. The summed E-state index contributed by atoms with van der Waals surface area (Å²) in [6.07, 6.45) is 0.580. The van der Waals surface area contributed by atoms with E-state index in [1.54, 1.807) is 13.0 Å². The summed E-state index contributed by atoms with van der Waals surface area (Å²) in [6, 6.07) is 13.6. The van der Waals surface area contributed by atoms with Crippen LogP contribution in [0.4, 0.5) is 4.39 Å². The molecule has 1 heterocycles. The van der Waals surface area contributed by atoms with Crippen molar-refractivity contribution in [3.8, 4) is 0 Å². The molecule has 0 spiro atoms. The third-order valence-corrected chi connectivity index (χ3v) is 5.65. The Kier molecular flexibility index (Phi) is 6.29. The third kappa shape index (κ3) is 4.62. The molecule has 0 aliphatic carbocycles. The van der Waals surface area contributed by atoms with E-state index < -0.39 is 0 Å². The molecular weight excluding hydrogens is 442 g/mol. The van der Waals surface area contributed by atoms with E-state index in [-0.39, 0.29) is 23.7 Å². The van der Waals surface area contributed by atoms with E-state index in [0.29, 0.717) is 25.1 Å². The molecule has 0 aromatic heterocycles. The van der Waals surface area contributed by atoms with Crippen molar-refractivity contribution in [3.05, 3.63) is 68.5 Å². The van der Waals surface area contributed by atoms with Crippen LogP contribution in [0.15, 0.2) is 42.5 Å². The average molecular weight is 466 g/mol. The fourth-order valence-electron chi connectivity index (χ4n) is 3.38. The molecule has 0 unspecified atom stereocenters. The van der Waals surface area contributed by atoms with E-state index in [9.17, 15) is 9.18 Å². The van der Waals surface area contributed by atoms with Crippen molar-refractivity contribution in [3.63, 3.8) is 0 Å². The lowest BCUT2D eigenvalue weighted by atomic mass is 9.89. The number of nitrogens with zero attached hydrogens (tertiary/aromatic N) is 1. The number of hydrogen-bond donors (Lipinski definition) is 1. The van der Waals surface area contributed by atoms with E-state index in [1.165, 1.54) is 6.07 Å². The summed E-state index contributed by atoms with van der Waals surface area (Å²) in [4.78, 5) is 15.2. The van der Waals surface area contributed by atoms with Crippen LogP contribution in [0.3, 0.4) is 0 Å². The zero-order chi connectivity index (χ0) is 18.7. The lowest BCUT2D eigenvalue weighted by molar-refractivity contribution is -0.134. The van der Waals surface area contributed by atoms with Crippen LogP contribution in [-0.2, 0) is 11.2 Å². The molecule has 3 nitrogen and oxygen atoms in total. The second-order valence-electron chi connectivity index (χ2n) is 7.03. The van der Waals surface area contributed by atoms with Crippen molar-refractivity contribution in [2.75, 3.05) is 19.6 Å². The molecule has 1 amide bonds. The summed E-state index contributed by atoms with van der Waals surface area (Å²) < 4.78 is 15.3. The van der Waals surface area contributed by atoms with Crippen molar-refractivity contribution < 1.29 is 9.18 Å². The number of amides is 1. The summed E-state index contributed by atoms with van der Waals surface area (Å²) in [7, 11) is 0. The van der Waals surface area contributed by atoms with Gasteiger partial charge in [-0.1, -0.05) is 24.3 Å². The van der Waals surface area contributed by atoms with Gasteiger partial charge in [0.1, 0.15) is 5.82 Å². The molecule has 3 rings (SSSR count). The van der Waals surface area contributed by atoms with Gasteiger partial charge in [-0.15, -0.1) is 0 Å². The highest BCUT2D eigenvalue weighted by Crippen LogP contribution is 2.26. The van der Waals surface area contributed by atoms with Crippen LogP contribution in [-0.4, -0.2) is 36.5 Å². The highest BCUT2D eigenvalue weighted by atomic mass is 127.